The maximum absolute atomic E-state index is 12.9. The zero-order chi connectivity index (χ0) is 16.1. The van der Waals surface area contributed by atoms with Crippen LogP contribution in [0.4, 0.5) is 0 Å². The molecule has 1 saturated carbocycles. The molecule has 1 amide bonds. The largest absolute Gasteiger partial charge is 0.342 e. The minimum absolute atomic E-state index is 0.294. The van der Waals surface area contributed by atoms with E-state index in [2.05, 4.69) is 16.8 Å². The van der Waals surface area contributed by atoms with Crippen molar-refractivity contribution in [2.45, 2.75) is 70.6 Å². The van der Waals surface area contributed by atoms with E-state index in [-0.39, 0.29) is 0 Å². The zero-order valence-electron chi connectivity index (χ0n) is 14.4. The number of rotatable bonds is 5. The highest BCUT2D eigenvalue weighted by atomic mass is 32.1. The number of hydrogen-bond acceptors (Lipinski definition) is 3. The molecule has 2 aliphatic rings. The van der Waals surface area contributed by atoms with Crippen LogP contribution in [-0.2, 0) is 4.79 Å². The number of likely N-dealkylation sites (tertiary alicyclic amines) is 1. The molecule has 0 spiro atoms. The van der Waals surface area contributed by atoms with Crippen molar-refractivity contribution in [1.82, 2.24) is 9.88 Å². The van der Waals surface area contributed by atoms with Gasteiger partial charge < -0.3 is 4.90 Å². The Morgan fingerprint density at radius 1 is 1.30 bits per heavy atom. The van der Waals surface area contributed by atoms with Gasteiger partial charge in [0.15, 0.2) is 0 Å². The summed E-state index contributed by atoms with van der Waals surface area (Å²) in [5.74, 6) is 2.07. The lowest BCUT2D eigenvalue weighted by Crippen LogP contribution is -2.43. The van der Waals surface area contributed by atoms with E-state index in [4.69, 9.17) is 0 Å². The molecule has 0 radical (unpaired) electrons. The average Bonchev–Trinajstić information content (AvgIpc) is 3.14. The molecule has 0 aromatic carbocycles. The standard InChI is InChI=1S/C19H30N2OS/c1-2-3-5-15-7-9-16(10-8-15)19(22)21-12-4-6-17(14-21)18-20-11-13-23-18/h11,13,15-17H,2-10,12,14H2,1H3. The quantitative estimate of drug-likeness (QED) is 0.771. The summed E-state index contributed by atoms with van der Waals surface area (Å²) in [6.07, 6.45) is 13.0. The second kappa shape index (κ2) is 8.27. The Morgan fingerprint density at radius 3 is 2.83 bits per heavy atom. The van der Waals surface area contributed by atoms with Gasteiger partial charge in [0.1, 0.15) is 0 Å². The van der Waals surface area contributed by atoms with Gasteiger partial charge in [-0.3, -0.25) is 4.79 Å². The van der Waals surface area contributed by atoms with Crippen LogP contribution >= 0.6 is 11.3 Å². The van der Waals surface area contributed by atoms with Crippen LogP contribution in [0.3, 0.4) is 0 Å². The van der Waals surface area contributed by atoms with Gasteiger partial charge in [0.05, 0.1) is 5.01 Å². The number of aromatic nitrogens is 1. The fourth-order valence-electron chi connectivity index (χ4n) is 4.26. The SMILES string of the molecule is CCCCC1CCC(C(=O)N2CCCC(c3nccs3)C2)CC1. The number of carbonyl (C=O) groups is 1. The Morgan fingerprint density at radius 2 is 2.13 bits per heavy atom. The van der Waals surface area contributed by atoms with Crippen molar-refractivity contribution in [3.8, 4) is 0 Å². The third kappa shape index (κ3) is 4.34. The smallest absolute Gasteiger partial charge is 0.225 e. The van der Waals surface area contributed by atoms with Gasteiger partial charge in [-0.25, -0.2) is 4.98 Å². The van der Waals surface area contributed by atoms with E-state index in [0.29, 0.717) is 17.7 Å². The third-order valence-corrected chi connectivity index (χ3v) is 6.63. The van der Waals surface area contributed by atoms with Gasteiger partial charge in [-0.1, -0.05) is 26.2 Å². The summed E-state index contributed by atoms with van der Waals surface area (Å²) in [6.45, 7) is 4.11. The topological polar surface area (TPSA) is 33.2 Å². The first-order valence-electron chi connectivity index (χ1n) is 9.46. The number of piperidine rings is 1. The first-order chi connectivity index (χ1) is 11.3. The van der Waals surface area contributed by atoms with E-state index in [9.17, 15) is 4.79 Å². The molecular weight excluding hydrogens is 304 g/mol. The Balaban J connectivity index is 1.50. The Labute approximate surface area is 144 Å². The lowest BCUT2D eigenvalue weighted by Gasteiger charge is -2.36. The van der Waals surface area contributed by atoms with Crippen LogP contribution in [0, 0.1) is 11.8 Å². The molecule has 1 aromatic rings. The monoisotopic (exact) mass is 334 g/mol. The third-order valence-electron chi connectivity index (χ3n) is 5.70. The van der Waals surface area contributed by atoms with E-state index in [1.165, 1.54) is 43.5 Å². The molecule has 1 aromatic heterocycles. The van der Waals surface area contributed by atoms with Crippen LogP contribution in [0.1, 0.15) is 75.6 Å². The molecule has 1 atom stereocenters. The lowest BCUT2D eigenvalue weighted by molar-refractivity contribution is -0.138. The van der Waals surface area contributed by atoms with Gasteiger partial charge >= 0.3 is 0 Å². The van der Waals surface area contributed by atoms with Crippen LogP contribution < -0.4 is 0 Å². The molecular formula is C19H30N2OS. The predicted octanol–water partition coefficient (Wildman–Crippen LogP) is 4.85. The van der Waals surface area contributed by atoms with Crippen LogP contribution in [0.5, 0.6) is 0 Å². The molecule has 2 heterocycles. The van der Waals surface area contributed by atoms with Crippen molar-refractivity contribution in [3.05, 3.63) is 16.6 Å². The van der Waals surface area contributed by atoms with E-state index >= 15 is 0 Å². The number of unbranched alkanes of at least 4 members (excludes halogenated alkanes) is 1. The second-order valence-corrected chi connectivity index (χ2v) is 8.28. The summed E-state index contributed by atoms with van der Waals surface area (Å²) in [5.41, 5.74) is 0. The highest BCUT2D eigenvalue weighted by Gasteiger charge is 2.32. The van der Waals surface area contributed by atoms with Crippen molar-refractivity contribution >= 4 is 17.2 Å². The van der Waals surface area contributed by atoms with Crippen molar-refractivity contribution in [3.63, 3.8) is 0 Å². The molecule has 128 valence electrons. The molecule has 3 rings (SSSR count). The van der Waals surface area contributed by atoms with Crippen molar-refractivity contribution < 1.29 is 4.79 Å². The molecule has 0 bridgehead atoms. The predicted molar refractivity (Wildman–Crippen MR) is 95.6 cm³/mol. The molecule has 1 saturated heterocycles. The second-order valence-electron chi connectivity index (χ2n) is 7.35. The van der Waals surface area contributed by atoms with Gasteiger partial charge in [-0.05, 0) is 44.4 Å². The van der Waals surface area contributed by atoms with Gasteiger partial charge in [-0.2, -0.15) is 0 Å². The fraction of sp³-hybridized carbons (Fsp3) is 0.789. The van der Waals surface area contributed by atoms with E-state index in [0.717, 1.165) is 38.3 Å². The van der Waals surface area contributed by atoms with Gasteiger partial charge in [0.2, 0.25) is 5.91 Å². The molecule has 3 nitrogen and oxygen atoms in total. The average molecular weight is 335 g/mol. The number of hydrogen-bond donors (Lipinski definition) is 0. The van der Waals surface area contributed by atoms with Crippen LogP contribution in [0.2, 0.25) is 0 Å². The summed E-state index contributed by atoms with van der Waals surface area (Å²) in [6, 6.07) is 0. The maximum atomic E-state index is 12.9. The molecule has 2 fully saturated rings. The molecule has 0 N–H and O–H groups in total. The highest BCUT2D eigenvalue weighted by Crippen LogP contribution is 2.35. The summed E-state index contributed by atoms with van der Waals surface area (Å²) in [4.78, 5) is 19.5. The molecule has 1 aliphatic carbocycles. The Hall–Kier alpha value is -0.900. The summed E-state index contributed by atoms with van der Waals surface area (Å²) >= 11 is 1.74. The number of carbonyl (C=O) groups excluding carboxylic acids is 1. The molecule has 4 heteroatoms. The van der Waals surface area contributed by atoms with E-state index < -0.39 is 0 Å². The summed E-state index contributed by atoms with van der Waals surface area (Å²) < 4.78 is 0. The van der Waals surface area contributed by atoms with Gasteiger partial charge in [-0.15, -0.1) is 11.3 Å². The normalized spacial score (nSPS) is 28.7. The van der Waals surface area contributed by atoms with Gasteiger partial charge in [0.25, 0.3) is 0 Å². The van der Waals surface area contributed by atoms with Crippen LogP contribution in [-0.4, -0.2) is 28.9 Å². The Bertz CT molecular complexity index is 480. The maximum Gasteiger partial charge on any atom is 0.225 e. The van der Waals surface area contributed by atoms with Gasteiger partial charge in [0, 0.05) is 36.5 Å². The molecule has 1 aliphatic heterocycles. The Kier molecular flexibility index (Phi) is 6.09. The first-order valence-corrected chi connectivity index (χ1v) is 10.3. The van der Waals surface area contributed by atoms with Crippen molar-refractivity contribution in [2.24, 2.45) is 11.8 Å². The fourth-order valence-corrected chi connectivity index (χ4v) is 5.03. The molecule has 1 unspecified atom stereocenters. The number of amides is 1. The highest BCUT2D eigenvalue weighted by molar-refractivity contribution is 7.09. The number of thiazole rings is 1. The van der Waals surface area contributed by atoms with Crippen LogP contribution in [0.15, 0.2) is 11.6 Å². The summed E-state index contributed by atoms with van der Waals surface area (Å²) in [7, 11) is 0. The minimum atomic E-state index is 0.294. The van der Waals surface area contributed by atoms with E-state index in [1.54, 1.807) is 11.3 Å². The lowest BCUT2D eigenvalue weighted by atomic mass is 9.79. The van der Waals surface area contributed by atoms with E-state index in [1.807, 2.05) is 11.6 Å². The zero-order valence-corrected chi connectivity index (χ0v) is 15.2. The first kappa shape index (κ1) is 16.9. The minimum Gasteiger partial charge on any atom is -0.342 e. The van der Waals surface area contributed by atoms with Crippen molar-refractivity contribution in [2.75, 3.05) is 13.1 Å². The van der Waals surface area contributed by atoms with Crippen LogP contribution in [0.25, 0.3) is 0 Å². The summed E-state index contributed by atoms with van der Waals surface area (Å²) in [5, 5.41) is 3.26. The number of nitrogens with zero attached hydrogens (tertiary/aromatic N) is 2. The van der Waals surface area contributed by atoms with Crippen molar-refractivity contribution in [1.29, 1.82) is 0 Å². The molecule has 23 heavy (non-hydrogen) atoms.